The lowest BCUT2D eigenvalue weighted by Gasteiger charge is -2.19. The summed E-state index contributed by atoms with van der Waals surface area (Å²) in [4.78, 5) is 4.37. The van der Waals surface area contributed by atoms with E-state index in [4.69, 9.17) is 10.3 Å². The van der Waals surface area contributed by atoms with Crippen molar-refractivity contribution in [1.29, 1.82) is 0 Å². The van der Waals surface area contributed by atoms with Gasteiger partial charge in [-0.2, -0.15) is 4.98 Å². The summed E-state index contributed by atoms with van der Waals surface area (Å²) in [5.41, 5.74) is 5.52. The zero-order valence-corrected chi connectivity index (χ0v) is 10.3. The van der Waals surface area contributed by atoms with E-state index in [1.807, 2.05) is 27.7 Å². The lowest BCUT2D eigenvalue weighted by molar-refractivity contribution is 0.309. The summed E-state index contributed by atoms with van der Waals surface area (Å²) in [6, 6.07) is 0. The molecule has 0 saturated carbocycles. The molecule has 0 amide bonds. The number of nitrogens with zero attached hydrogens (tertiary/aromatic N) is 2. The number of aromatic nitrogens is 2. The van der Waals surface area contributed by atoms with Crippen LogP contribution in [0.15, 0.2) is 4.52 Å². The quantitative estimate of drug-likeness (QED) is 0.833. The van der Waals surface area contributed by atoms with Crippen LogP contribution < -0.4 is 5.73 Å². The summed E-state index contributed by atoms with van der Waals surface area (Å²) < 4.78 is 5.22. The smallest absolute Gasteiger partial charge is 0.232 e. The van der Waals surface area contributed by atoms with Gasteiger partial charge in [0.1, 0.15) is 0 Å². The molecule has 1 atom stereocenters. The van der Waals surface area contributed by atoms with Gasteiger partial charge in [0.25, 0.3) is 0 Å². The van der Waals surface area contributed by atoms with Gasteiger partial charge < -0.3 is 10.3 Å². The summed E-state index contributed by atoms with van der Waals surface area (Å²) in [5, 5.41) is 3.96. The van der Waals surface area contributed by atoms with Crippen LogP contribution in [0.5, 0.6) is 0 Å². The molecule has 0 radical (unpaired) electrons. The van der Waals surface area contributed by atoms with Crippen LogP contribution in [-0.4, -0.2) is 10.1 Å². The molecule has 15 heavy (non-hydrogen) atoms. The largest absolute Gasteiger partial charge is 0.339 e. The maximum atomic E-state index is 6.12. The fraction of sp³-hybridized carbons (Fsp3) is 0.818. The molecule has 0 aromatic carbocycles. The van der Waals surface area contributed by atoms with Crippen molar-refractivity contribution in [2.24, 2.45) is 5.73 Å². The van der Waals surface area contributed by atoms with Gasteiger partial charge in [-0.25, -0.2) is 0 Å². The van der Waals surface area contributed by atoms with Gasteiger partial charge in [-0.1, -0.05) is 39.3 Å². The Hall–Kier alpha value is -0.900. The Bertz CT molecular complexity index is 323. The van der Waals surface area contributed by atoms with Crippen molar-refractivity contribution < 1.29 is 4.52 Å². The summed E-state index contributed by atoms with van der Waals surface area (Å²) >= 11 is 0. The average molecular weight is 211 g/mol. The fourth-order valence-electron chi connectivity index (χ4n) is 1.39. The average Bonchev–Trinajstić information content (AvgIpc) is 2.50. The second-order valence-corrected chi connectivity index (χ2v) is 5.34. The highest BCUT2D eigenvalue weighted by atomic mass is 16.5. The van der Waals surface area contributed by atoms with Gasteiger partial charge in [0.15, 0.2) is 5.82 Å². The van der Waals surface area contributed by atoms with Crippen molar-refractivity contribution in [3.05, 3.63) is 11.7 Å². The van der Waals surface area contributed by atoms with Crippen LogP contribution in [0.4, 0.5) is 0 Å². The zero-order chi connectivity index (χ0) is 11.7. The van der Waals surface area contributed by atoms with Crippen LogP contribution in [0.3, 0.4) is 0 Å². The van der Waals surface area contributed by atoms with Crippen LogP contribution in [0, 0.1) is 0 Å². The SMILES string of the molecule is CCCC(C)(N)c1noc(C(C)(C)C)n1. The van der Waals surface area contributed by atoms with Gasteiger partial charge in [0.2, 0.25) is 5.89 Å². The van der Waals surface area contributed by atoms with Gasteiger partial charge >= 0.3 is 0 Å². The number of nitrogens with two attached hydrogens (primary N) is 1. The molecule has 1 aromatic heterocycles. The van der Waals surface area contributed by atoms with E-state index in [0.29, 0.717) is 11.7 Å². The Morgan fingerprint density at radius 1 is 1.27 bits per heavy atom. The topological polar surface area (TPSA) is 64.9 Å². The lowest BCUT2D eigenvalue weighted by atomic mass is 9.95. The molecule has 86 valence electrons. The predicted molar refractivity (Wildman–Crippen MR) is 59.4 cm³/mol. The molecule has 1 rings (SSSR count). The van der Waals surface area contributed by atoms with Crippen molar-refractivity contribution in [2.45, 2.75) is 58.4 Å². The van der Waals surface area contributed by atoms with Crippen molar-refractivity contribution in [3.63, 3.8) is 0 Å². The first kappa shape index (κ1) is 12.2. The lowest BCUT2D eigenvalue weighted by Crippen LogP contribution is -2.34. The zero-order valence-electron chi connectivity index (χ0n) is 10.3. The fourth-order valence-corrected chi connectivity index (χ4v) is 1.39. The van der Waals surface area contributed by atoms with E-state index in [0.717, 1.165) is 12.8 Å². The van der Waals surface area contributed by atoms with Crippen molar-refractivity contribution >= 4 is 0 Å². The van der Waals surface area contributed by atoms with E-state index < -0.39 is 5.54 Å². The Morgan fingerprint density at radius 2 is 1.87 bits per heavy atom. The van der Waals surface area contributed by atoms with Crippen molar-refractivity contribution in [3.8, 4) is 0 Å². The molecule has 4 heteroatoms. The van der Waals surface area contributed by atoms with Crippen LogP contribution in [-0.2, 0) is 11.0 Å². The third-order valence-corrected chi connectivity index (χ3v) is 2.35. The Kier molecular flexibility index (Phi) is 3.19. The Morgan fingerprint density at radius 3 is 2.27 bits per heavy atom. The number of rotatable bonds is 3. The minimum Gasteiger partial charge on any atom is -0.339 e. The minimum absolute atomic E-state index is 0.118. The van der Waals surface area contributed by atoms with E-state index in [9.17, 15) is 0 Å². The molecule has 1 unspecified atom stereocenters. The Labute approximate surface area is 91.2 Å². The van der Waals surface area contributed by atoms with E-state index in [2.05, 4.69) is 17.1 Å². The number of hydrogen-bond donors (Lipinski definition) is 1. The molecule has 0 aliphatic rings. The van der Waals surface area contributed by atoms with Gasteiger partial charge in [0.05, 0.1) is 5.54 Å². The third kappa shape index (κ3) is 2.78. The molecule has 1 heterocycles. The first-order valence-electron chi connectivity index (χ1n) is 5.41. The van der Waals surface area contributed by atoms with E-state index in [-0.39, 0.29) is 5.41 Å². The van der Waals surface area contributed by atoms with Crippen LogP contribution >= 0.6 is 0 Å². The highest BCUT2D eigenvalue weighted by Crippen LogP contribution is 2.25. The molecular formula is C11H21N3O. The molecule has 0 aliphatic heterocycles. The van der Waals surface area contributed by atoms with Gasteiger partial charge in [-0.05, 0) is 13.3 Å². The molecule has 0 fully saturated rings. The minimum atomic E-state index is -0.484. The summed E-state index contributed by atoms with van der Waals surface area (Å²) in [6.45, 7) is 10.2. The van der Waals surface area contributed by atoms with Gasteiger partial charge in [-0.15, -0.1) is 0 Å². The van der Waals surface area contributed by atoms with Gasteiger partial charge in [-0.3, -0.25) is 0 Å². The summed E-state index contributed by atoms with van der Waals surface area (Å²) in [7, 11) is 0. The van der Waals surface area contributed by atoms with E-state index in [1.54, 1.807) is 0 Å². The summed E-state index contributed by atoms with van der Waals surface area (Å²) in [6.07, 6.45) is 1.86. The monoisotopic (exact) mass is 211 g/mol. The third-order valence-electron chi connectivity index (χ3n) is 2.35. The normalized spacial score (nSPS) is 16.4. The maximum Gasteiger partial charge on any atom is 0.232 e. The van der Waals surface area contributed by atoms with E-state index >= 15 is 0 Å². The molecule has 0 spiro atoms. The first-order chi connectivity index (χ1) is 6.77. The number of hydrogen-bond acceptors (Lipinski definition) is 4. The van der Waals surface area contributed by atoms with Crippen LogP contribution in [0.2, 0.25) is 0 Å². The Balaban J connectivity index is 2.94. The highest BCUT2D eigenvalue weighted by molar-refractivity contribution is 5.05. The second-order valence-electron chi connectivity index (χ2n) is 5.34. The molecule has 0 bridgehead atoms. The van der Waals surface area contributed by atoms with Crippen LogP contribution in [0.25, 0.3) is 0 Å². The molecule has 0 aliphatic carbocycles. The second kappa shape index (κ2) is 3.93. The van der Waals surface area contributed by atoms with Crippen molar-refractivity contribution in [1.82, 2.24) is 10.1 Å². The highest BCUT2D eigenvalue weighted by Gasteiger charge is 2.29. The maximum absolute atomic E-state index is 6.12. The molecular weight excluding hydrogens is 190 g/mol. The predicted octanol–water partition coefficient (Wildman–Crippen LogP) is 2.34. The van der Waals surface area contributed by atoms with E-state index in [1.165, 1.54) is 0 Å². The standard InChI is InChI=1S/C11H21N3O/c1-6-7-11(5,12)8-13-9(15-14-8)10(2,3)4/h6-7,12H2,1-5H3. The molecule has 2 N–H and O–H groups in total. The summed E-state index contributed by atoms with van der Waals surface area (Å²) in [5.74, 6) is 1.25. The molecule has 4 nitrogen and oxygen atoms in total. The molecule has 0 saturated heterocycles. The molecule has 1 aromatic rings. The van der Waals surface area contributed by atoms with Gasteiger partial charge in [0, 0.05) is 5.41 Å². The van der Waals surface area contributed by atoms with Crippen LogP contribution in [0.1, 0.15) is 59.2 Å². The van der Waals surface area contributed by atoms with Crippen molar-refractivity contribution in [2.75, 3.05) is 0 Å². The first-order valence-corrected chi connectivity index (χ1v) is 5.41.